The molecule has 0 aliphatic carbocycles. The molecule has 1 aromatic carbocycles. The van der Waals surface area contributed by atoms with Crippen molar-refractivity contribution < 1.29 is 0 Å². The van der Waals surface area contributed by atoms with Crippen molar-refractivity contribution in [2.24, 2.45) is 5.84 Å². The van der Waals surface area contributed by atoms with E-state index in [1.54, 1.807) is 11.3 Å². The van der Waals surface area contributed by atoms with Gasteiger partial charge in [-0.2, -0.15) is 0 Å². The molecule has 1 atom stereocenters. The molecule has 102 valence electrons. The summed E-state index contributed by atoms with van der Waals surface area (Å²) in [5, 5.41) is 1.10. The third kappa shape index (κ3) is 3.64. The van der Waals surface area contributed by atoms with Crippen molar-refractivity contribution in [2.45, 2.75) is 26.3 Å². The minimum Gasteiger partial charge on any atom is -0.271 e. The van der Waals surface area contributed by atoms with Gasteiger partial charge in [-0.1, -0.05) is 37.9 Å². The smallest absolute Gasteiger partial charge is 0.0950 e. The molecule has 0 aliphatic heterocycles. The fourth-order valence-corrected chi connectivity index (χ4v) is 4.15. The predicted molar refractivity (Wildman–Crippen MR) is 87.2 cm³/mol. The van der Waals surface area contributed by atoms with E-state index in [0.717, 1.165) is 31.6 Å². The number of hydrogen-bond acceptors (Lipinski definition) is 4. The lowest BCUT2D eigenvalue weighted by atomic mass is 10.1. The maximum Gasteiger partial charge on any atom is 0.0950 e. The van der Waals surface area contributed by atoms with Gasteiger partial charge in [-0.05, 0) is 31.5 Å². The molecule has 1 aromatic heterocycles. The van der Waals surface area contributed by atoms with Gasteiger partial charge in [0.15, 0.2) is 0 Å². The molecule has 0 spiro atoms. The van der Waals surface area contributed by atoms with Crippen molar-refractivity contribution in [1.82, 2.24) is 10.4 Å². The Morgan fingerprint density at radius 2 is 2.11 bits per heavy atom. The van der Waals surface area contributed by atoms with Crippen LogP contribution < -0.4 is 11.3 Å². The molecule has 3 N–H and O–H groups in total. The Morgan fingerprint density at radius 1 is 1.37 bits per heavy atom. The highest BCUT2D eigenvalue weighted by Crippen LogP contribution is 2.29. The molecule has 2 rings (SSSR count). The number of hydrogen-bond donors (Lipinski definition) is 2. The topological polar surface area (TPSA) is 50.9 Å². The van der Waals surface area contributed by atoms with Crippen molar-refractivity contribution in [2.75, 3.05) is 0 Å². The molecule has 1 heterocycles. The lowest BCUT2D eigenvalue weighted by Crippen LogP contribution is -2.29. The van der Waals surface area contributed by atoms with Crippen molar-refractivity contribution in [3.05, 3.63) is 48.3 Å². The van der Waals surface area contributed by atoms with Gasteiger partial charge >= 0.3 is 0 Å². The van der Waals surface area contributed by atoms with Crippen molar-refractivity contribution >= 4 is 43.2 Å². The third-order valence-corrected chi connectivity index (χ3v) is 5.27. The van der Waals surface area contributed by atoms with E-state index < -0.39 is 0 Å². The molecular weight excluding hydrogens is 390 g/mol. The number of hydrazine groups is 1. The average molecular weight is 405 g/mol. The van der Waals surface area contributed by atoms with Gasteiger partial charge in [0.05, 0.1) is 16.7 Å². The molecule has 1 unspecified atom stereocenters. The zero-order valence-electron chi connectivity index (χ0n) is 10.7. The number of benzene rings is 1. The number of thiazole rings is 1. The molecule has 0 aliphatic rings. The van der Waals surface area contributed by atoms with Crippen LogP contribution in [0.3, 0.4) is 0 Å². The van der Waals surface area contributed by atoms with Gasteiger partial charge < -0.3 is 0 Å². The fourth-order valence-electron chi connectivity index (χ4n) is 1.84. The highest BCUT2D eigenvalue weighted by molar-refractivity contribution is 9.11. The summed E-state index contributed by atoms with van der Waals surface area (Å²) in [5.41, 5.74) is 5.12. The van der Waals surface area contributed by atoms with E-state index in [4.69, 9.17) is 5.84 Å². The summed E-state index contributed by atoms with van der Waals surface area (Å²) >= 11 is 8.76. The van der Waals surface area contributed by atoms with Crippen LogP contribution in [-0.2, 0) is 6.42 Å². The maximum absolute atomic E-state index is 5.70. The molecule has 0 bridgehead atoms. The third-order valence-electron chi connectivity index (χ3n) is 2.99. The first-order valence-corrected chi connectivity index (χ1v) is 8.25. The summed E-state index contributed by atoms with van der Waals surface area (Å²) in [4.78, 5) is 5.83. The first-order valence-electron chi connectivity index (χ1n) is 5.85. The van der Waals surface area contributed by atoms with E-state index in [0.29, 0.717) is 0 Å². The van der Waals surface area contributed by atoms with Gasteiger partial charge in [0, 0.05) is 20.2 Å². The monoisotopic (exact) mass is 403 g/mol. The van der Waals surface area contributed by atoms with Gasteiger partial charge in [-0.3, -0.25) is 11.3 Å². The highest BCUT2D eigenvalue weighted by atomic mass is 79.9. The first-order chi connectivity index (χ1) is 9.01. The predicted octanol–water partition coefficient (Wildman–Crippen LogP) is 4.03. The zero-order chi connectivity index (χ0) is 14.0. The number of aryl methyl sites for hydroxylation is 2. The quantitative estimate of drug-likeness (QED) is 0.597. The number of rotatable bonds is 4. The van der Waals surface area contributed by atoms with Crippen LogP contribution >= 0.6 is 43.2 Å². The van der Waals surface area contributed by atoms with E-state index >= 15 is 0 Å². The van der Waals surface area contributed by atoms with Gasteiger partial charge in [-0.25, -0.2) is 4.98 Å². The minimum absolute atomic E-state index is 0.0485. The fraction of sp³-hybridized carbons (Fsp3) is 0.308. The van der Waals surface area contributed by atoms with Crippen molar-refractivity contribution in [3.63, 3.8) is 0 Å². The van der Waals surface area contributed by atoms with Crippen LogP contribution in [0.15, 0.2) is 27.1 Å². The lowest BCUT2D eigenvalue weighted by molar-refractivity contribution is 0.548. The molecule has 6 heteroatoms. The Labute approximate surface area is 133 Å². The molecule has 2 aromatic rings. The summed E-state index contributed by atoms with van der Waals surface area (Å²) in [6.07, 6.45) is 0.788. The van der Waals surface area contributed by atoms with E-state index in [-0.39, 0.29) is 6.04 Å². The summed E-state index contributed by atoms with van der Waals surface area (Å²) in [6, 6.07) is 6.15. The van der Waals surface area contributed by atoms with Crippen LogP contribution in [0.2, 0.25) is 0 Å². The second kappa shape index (κ2) is 6.45. The number of nitrogens with one attached hydrogen (secondary N) is 1. The summed E-state index contributed by atoms with van der Waals surface area (Å²) < 4.78 is 2.08. The van der Waals surface area contributed by atoms with Crippen molar-refractivity contribution in [3.8, 4) is 0 Å². The van der Waals surface area contributed by atoms with Gasteiger partial charge in [0.1, 0.15) is 0 Å². The highest BCUT2D eigenvalue weighted by Gasteiger charge is 2.16. The second-order valence-corrected chi connectivity index (χ2v) is 7.40. The molecule has 0 fully saturated rings. The first kappa shape index (κ1) is 15.1. The lowest BCUT2D eigenvalue weighted by Gasteiger charge is -2.16. The Kier molecular flexibility index (Phi) is 5.14. The van der Waals surface area contributed by atoms with Gasteiger partial charge in [0.2, 0.25) is 0 Å². The van der Waals surface area contributed by atoms with Crippen LogP contribution in [0, 0.1) is 13.8 Å². The number of aromatic nitrogens is 1. The zero-order valence-corrected chi connectivity index (χ0v) is 14.7. The molecule has 0 amide bonds. The van der Waals surface area contributed by atoms with Gasteiger partial charge in [0.25, 0.3) is 0 Å². The summed E-state index contributed by atoms with van der Waals surface area (Å²) in [5.74, 6) is 5.70. The Hall–Kier alpha value is -0.270. The number of halogens is 2. The van der Waals surface area contributed by atoms with Crippen LogP contribution in [0.5, 0.6) is 0 Å². The average Bonchev–Trinajstić information content (AvgIpc) is 2.66. The van der Waals surface area contributed by atoms with Crippen LogP contribution in [-0.4, -0.2) is 4.98 Å². The standard InChI is InChI=1S/C13H15Br2N3S/c1-7-8(2)19-13(17-7)6-12(18-16)10-4-3-9(14)5-11(10)15/h3-5,12,18H,6,16H2,1-2H3. The van der Waals surface area contributed by atoms with Crippen LogP contribution in [0.1, 0.15) is 27.2 Å². The Bertz CT molecular complexity index is 564. The SMILES string of the molecule is Cc1nc(CC(NN)c2ccc(Br)cc2Br)sc1C. The van der Waals surface area contributed by atoms with E-state index in [2.05, 4.69) is 55.3 Å². The normalized spacial score (nSPS) is 12.7. The Morgan fingerprint density at radius 3 is 2.63 bits per heavy atom. The molecule has 0 radical (unpaired) electrons. The maximum atomic E-state index is 5.70. The summed E-state index contributed by atoms with van der Waals surface area (Å²) in [7, 11) is 0. The summed E-state index contributed by atoms with van der Waals surface area (Å²) in [6.45, 7) is 4.13. The molecular formula is C13H15Br2N3S. The molecule has 0 saturated carbocycles. The largest absolute Gasteiger partial charge is 0.271 e. The van der Waals surface area contributed by atoms with Gasteiger partial charge in [-0.15, -0.1) is 11.3 Å². The van der Waals surface area contributed by atoms with Crippen LogP contribution in [0.4, 0.5) is 0 Å². The second-order valence-electron chi connectivity index (χ2n) is 4.34. The molecule has 3 nitrogen and oxygen atoms in total. The van der Waals surface area contributed by atoms with Crippen LogP contribution in [0.25, 0.3) is 0 Å². The number of nitrogens with two attached hydrogens (primary N) is 1. The van der Waals surface area contributed by atoms with E-state index in [1.807, 2.05) is 19.1 Å². The minimum atomic E-state index is 0.0485. The van der Waals surface area contributed by atoms with E-state index in [1.165, 1.54) is 4.88 Å². The number of nitrogens with zero attached hydrogens (tertiary/aromatic N) is 1. The van der Waals surface area contributed by atoms with E-state index in [9.17, 15) is 0 Å². The Balaban J connectivity index is 2.24. The molecule has 19 heavy (non-hydrogen) atoms. The molecule has 0 saturated heterocycles. The van der Waals surface area contributed by atoms with Crippen molar-refractivity contribution in [1.29, 1.82) is 0 Å².